The van der Waals surface area contributed by atoms with Crippen LogP contribution in [-0.4, -0.2) is 12.6 Å². The summed E-state index contributed by atoms with van der Waals surface area (Å²) in [6.45, 7) is 3.72. The van der Waals surface area contributed by atoms with Crippen molar-refractivity contribution in [2.45, 2.75) is 13.8 Å². The summed E-state index contributed by atoms with van der Waals surface area (Å²) in [6, 6.07) is 1.61. The molecule has 3 nitrogen and oxygen atoms in total. The summed E-state index contributed by atoms with van der Waals surface area (Å²) < 4.78 is 4.84. The van der Waals surface area contributed by atoms with Crippen LogP contribution in [0.15, 0.2) is 6.07 Å². The monoisotopic (exact) mass is 247 g/mol. The molecule has 0 aromatic heterocycles. The molecule has 0 fully saturated rings. The molecule has 1 aromatic carbocycles. The third-order valence-corrected chi connectivity index (χ3v) is 2.71. The molecule has 0 atom stereocenters. The van der Waals surface area contributed by atoms with Crippen molar-refractivity contribution in [1.82, 2.24) is 0 Å². The van der Waals surface area contributed by atoms with Crippen LogP contribution in [0.3, 0.4) is 0 Å². The smallest absolute Gasteiger partial charge is 0.341 e. The van der Waals surface area contributed by atoms with Crippen molar-refractivity contribution in [2.75, 3.05) is 12.3 Å². The van der Waals surface area contributed by atoms with E-state index in [-0.39, 0.29) is 22.9 Å². The first kappa shape index (κ1) is 12.1. The molecule has 15 heavy (non-hydrogen) atoms. The van der Waals surface area contributed by atoms with E-state index in [1.807, 2.05) is 0 Å². The Morgan fingerprint density at radius 1 is 1.53 bits per heavy atom. The molecule has 82 valence electrons. The van der Waals surface area contributed by atoms with Gasteiger partial charge >= 0.3 is 5.97 Å². The lowest BCUT2D eigenvalue weighted by molar-refractivity contribution is 0.0527. The van der Waals surface area contributed by atoms with Crippen LogP contribution < -0.4 is 5.73 Å². The molecule has 0 radical (unpaired) electrons. The van der Waals surface area contributed by atoms with Crippen molar-refractivity contribution in [2.24, 2.45) is 0 Å². The number of aryl methyl sites for hydroxylation is 1. The molecule has 0 heterocycles. The second-order valence-electron chi connectivity index (χ2n) is 3.00. The van der Waals surface area contributed by atoms with Gasteiger partial charge in [-0.25, -0.2) is 4.79 Å². The third-order valence-electron chi connectivity index (χ3n) is 1.92. The Morgan fingerprint density at radius 3 is 2.67 bits per heavy atom. The van der Waals surface area contributed by atoms with E-state index in [0.29, 0.717) is 10.6 Å². The number of nitrogen functional groups attached to an aromatic ring is 1. The van der Waals surface area contributed by atoms with Crippen LogP contribution in [-0.2, 0) is 4.74 Å². The summed E-state index contributed by atoms with van der Waals surface area (Å²) >= 11 is 11.8. The fourth-order valence-electron chi connectivity index (χ4n) is 1.17. The molecule has 0 spiro atoms. The number of halogens is 2. The van der Waals surface area contributed by atoms with E-state index in [9.17, 15) is 4.79 Å². The van der Waals surface area contributed by atoms with E-state index in [0.717, 1.165) is 0 Å². The van der Waals surface area contributed by atoms with E-state index < -0.39 is 5.97 Å². The van der Waals surface area contributed by atoms with Gasteiger partial charge in [-0.15, -0.1) is 0 Å². The highest BCUT2D eigenvalue weighted by atomic mass is 35.5. The molecular weight excluding hydrogens is 237 g/mol. The van der Waals surface area contributed by atoms with Gasteiger partial charge in [-0.1, -0.05) is 23.2 Å². The lowest BCUT2D eigenvalue weighted by Crippen LogP contribution is -2.10. The minimum atomic E-state index is -0.550. The van der Waals surface area contributed by atoms with Crippen LogP contribution in [0.5, 0.6) is 0 Å². The largest absolute Gasteiger partial charge is 0.462 e. The SMILES string of the molecule is CCOC(=O)c1c(N)c(Cl)cc(C)c1Cl. The summed E-state index contributed by atoms with van der Waals surface area (Å²) in [5.41, 5.74) is 6.66. The number of esters is 1. The lowest BCUT2D eigenvalue weighted by atomic mass is 10.1. The van der Waals surface area contributed by atoms with Gasteiger partial charge in [0.15, 0.2) is 0 Å². The molecule has 5 heteroatoms. The van der Waals surface area contributed by atoms with Gasteiger partial charge in [-0.3, -0.25) is 0 Å². The fraction of sp³-hybridized carbons (Fsp3) is 0.300. The van der Waals surface area contributed by atoms with E-state index in [2.05, 4.69) is 0 Å². The zero-order valence-corrected chi connectivity index (χ0v) is 9.95. The molecule has 0 aliphatic heterocycles. The maximum absolute atomic E-state index is 11.5. The number of hydrogen-bond donors (Lipinski definition) is 1. The zero-order valence-electron chi connectivity index (χ0n) is 8.43. The Hall–Kier alpha value is -0.930. The van der Waals surface area contributed by atoms with Crippen molar-refractivity contribution in [3.8, 4) is 0 Å². The second kappa shape index (κ2) is 4.73. The minimum Gasteiger partial charge on any atom is -0.462 e. The number of carbonyl (C=O) groups excluding carboxylic acids is 1. The number of ether oxygens (including phenoxy) is 1. The van der Waals surface area contributed by atoms with Crippen LogP contribution in [0, 0.1) is 6.92 Å². The highest BCUT2D eigenvalue weighted by Gasteiger charge is 2.19. The average Bonchev–Trinajstić information content (AvgIpc) is 2.16. The molecule has 0 amide bonds. The van der Waals surface area contributed by atoms with E-state index >= 15 is 0 Å². The Morgan fingerprint density at radius 2 is 2.13 bits per heavy atom. The number of nitrogens with two attached hydrogens (primary N) is 1. The Balaban J connectivity index is 3.32. The quantitative estimate of drug-likeness (QED) is 0.646. The van der Waals surface area contributed by atoms with E-state index in [1.54, 1.807) is 19.9 Å². The molecular formula is C10H11Cl2NO2. The van der Waals surface area contributed by atoms with Gasteiger partial charge in [-0.2, -0.15) is 0 Å². The normalized spacial score (nSPS) is 10.1. The van der Waals surface area contributed by atoms with Crippen molar-refractivity contribution in [3.05, 3.63) is 27.2 Å². The summed E-state index contributed by atoms with van der Waals surface area (Å²) in [4.78, 5) is 11.5. The summed E-state index contributed by atoms with van der Waals surface area (Å²) in [6.07, 6.45) is 0. The van der Waals surface area contributed by atoms with Crippen LogP contribution in [0.25, 0.3) is 0 Å². The highest BCUT2D eigenvalue weighted by molar-refractivity contribution is 6.38. The van der Waals surface area contributed by atoms with Gasteiger partial charge in [0.05, 0.1) is 22.3 Å². The molecule has 0 aliphatic rings. The van der Waals surface area contributed by atoms with Gasteiger partial charge < -0.3 is 10.5 Å². The molecule has 1 rings (SSSR count). The number of benzene rings is 1. The maximum Gasteiger partial charge on any atom is 0.341 e. The number of carbonyl (C=O) groups is 1. The molecule has 0 saturated heterocycles. The molecule has 0 saturated carbocycles. The van der Waals surface area contributed by atoms with Gasteiger partial charge in [0.1, 0.15) is 5.56 Å². The molecule has 0 aliphatic carbocycles. The van der Waals surface area contributed by atoms with Crippen molar-refractivity contribution < 1.29 is 9.53 Å². The Bertz CT molecular complexity index is 379. The molecule has 1 aromatic rings. The third kappa shape index (κ3) is 2.36. The Labute approximate surface area is 98.1 Å². The zero-order chi connectivity index (χ0) is 11.6. The highest BCUT2D eigenvalue weighted by Crippen LogP contribution is 2.32. The first-order valence-electron chi connectivity index (χ1n) is 4.40. The van der Waals surface area contributed by atoms with Crippen LogP contribution in [0.4, 0.5) is 5.69 Å². The first-order valence-corrected chi connectivity index (χ1v) is 5.15. The molecule has 2 N–H and O–H groups in total. The van der Waals surface area contributed by atoms with E-state index in [4.69, 9.17) is 33.7 Å². The summed E-state index contributed by atoms with van der Waals surface area (Å²) in [5, 5.41) is 0.593. The number of hydrogen-bond acceptors (Lipinski definition) is 3. The number of rotatable bonds is 2. The number of anilines is 1. The standard InChI is InChI=1S/C10H11Cl2NO2/c1-3-15-10(14)7-8(12)5(2)4-6(11)9(7)13/h4H,3,13H2,1-2H3. The van der Waals surface area contributed by atoms with Crippen molar-refractivity contribution >= 4 is 34.9 Å². The van der Waals surface area contributed by atoms with Crippen molar-refractivity contribution in [1.29, 1.82) is 0 Å². The van der Waals surface area contributed by atoms with Crippen LogP contribution in [0.1, 0.15) is 22.8 Å². The fourth-order valence-corrected chi connectivity index (χ4v) is 1.66. The average molecular weight is 248 g/mol. The van der Waals surface area contributed by atoms with Gasteiger partial charge in [-0.05, 0) is 25.5 Å². The van der Waals surface area contributed by atoms with Gasteiger partial charge in [0, 0.05) is 0 Å². The Kier molecular flexibility index (Phi) is 3.83. The minimum absolute atomic E-state index is 0.142. The predicted molar refractivity (Wildman–Crippen MR) is 61.6 cm³/mol. The van der Waals surface area contributed by atoms with Gasteiger partial charge in [0.25, 0.3) is 0 Å². The lowest BCUT2D eigenvalue weighted by Gasteiger charge is -2.10. The molecule has 0 bridgehead atoms. The van der Waals surface area contributed by atoms with Crippen molar-refractivity contribution in [3.63, 3.8) is 0 Å². The maximum atomic E-state index is 11.5. The topological polar surface area (TPSA) is 52.3 Å². The summed E-state index contributed by atoms with van der Waals surface area (Å²) in [5.74, 6) is -0.550. The second-order valence-corrected chi connectivity index (χ2v) is 3.78. The van der Waals surface area contributed by atoms with Gasteiger partial charge in [0.2, 0.25) is 0 Å². The van der Waals surface area contributed by atoms with Crippen LogP contribution in [0.2, 0.25) is 10.0 Å². The molecule has 0 unspecified atom stereocenters. The van der Waals surface area contributed by atoms with Crippen LogP contribution >= 0.6 is 23.2 Å². The van der Waals surface area contributed by atoms with E-state index in [1.165, 1.54) is 0 Å². The first-order chi connectivity index (χ1) is 6.99. The predicted octanol–water partition coefficient (Wildman–Crippen LogP) is 3.06. The summed E-state index contributed by atoms with van der Waals surface area (Å²) in [7, 11) is 0.